The summed E-state index contributed by atoms with van der Waals surface area (Å²) in [6.45, 7) is 0. The smallest absolute Gasteiger partial charge is 0.337 e. The maximum absolute atomic E-state index is 11.7. The number of aromatic nitrogens is 2. The minimum Gasteiger partial charge on any atom is -0.478 e. The van der Waals surface area contributed by atoms with Gasteiger partial charge in [-0.05, 0) is 24.3 Å². The standard InChI is InChI=1S/C13H11N3O3/c17-12(7-10-3-1-2-6-14-10)16-11-5-4-9(8-15-11)13(18)19/h1-6,8H,7H2,(H,18,19)(H,15,16,17). The van der Waals surface area contributed by atoms with Crippen molar-refractivity contribution in [2.45, 2.75) is 6.42 Å². The molecular weight excluding hydrogens is 246 g/mol. The molecule has 0 fully saturated rings. The molecular formula is C13H11N3O3. The summed E-state index contributed by atoms with van der Waals surface area (Å²) >= 11 is 0. The Hall–Kier alpha value is -2.76. The molecule has 0 saturated carbocycles. The Balaban J connectivity index is 1.97. The molecule has 0 aromatic carbocycles. The van der Waals surface area contributed by atoms with Gasteiger partial charge < -0.3 is 10.4 Å². The Labute approximate surface area is 109 Å². The van der Waals surface area contributed by atoms with E-state index in [-0.39, 0.29) is 17.9 Å². The predicted octanol–water partition coefficient (Wildman–Crippen LogP) is 1.36. The molecule has 6 heteroatoms. The van der Waals surface area contributed by atoms with Gasteiger partial charge in [0, 0.05) is 18.1 Å². The van der Waals surface area contributed by atoms with Crippen molar-refractivity contribution in [2.75, 3.05) is 5.32 Å². The van der Waals surface area contributed by atoms with Crippen LogP contribution >= 0.6 is 0 Å². The molecule has 0 aliphatic rings. The summed E-state index contributed by atoms with van der Waals surface area (Å²) in [4.78, 5) is 30.2. The van der Waals surface area contributed by atoms with E-state index in [1.165, 1.54) is 18.3 Å². The SMILES string of the molecule is O=C(Cc1ccccn1)Nc1ccc(C(=O)O)cn1. The average molecular weight is 257 g/mol. The fourth-order valence-electron chi connectivity index (χ4n) is 1.45. The van der Waals surface area contributed by atoms with Crippen molar-refractivity contribution >= 4 is 17.7 Å². The molecule has 2 rings (SSSR count). The van der Waals surface area contributed by atoms with Crippen molar-refractivity contribution in [3.8, 4) is 0 Å². The van der Waals surface area contributed by atoms with Gasteiger partial charge in [-0.25, -0.2) is 9.78 Å². The van der Waals surface area contributed by atoms with Crippen molar-refractivity contribution in [3.05, 3.63) is 54.0 Å². The lowest BCUT2D eigenvalue weighted by atomic mass is 10.2. The quantitative estimate of drug-likeness (QED) is 0.862. The number of hydrogen-bond acceptors (Lipinski definition) is 4. The van der Waals surface area contributed by atoms with Crippen LogP contribution in [0.15, 0.2) is 42.7 Å². The first kappa shape index (κ1) is 12.7. The van der Waals surface area contributed by atoms with Crippen LogP contribution in [0, 0.1) is 0 Å². The highest BCUT2D eigenvalue weighted by Gasteiger charge is 2.07. The Morgan fingerprint density at radius 3 is 2.58 bits per heavy atom. The van der Waals surface area contributed by atoms with Crippen LogP contribution in [0.5, 0.6) is 0 Å². The number of aromatic carboxylic acids is 1. The maximum Gasteiger partial charge on any atom is 0.337 e. The summed E-state index contributed by atoms with van der Waals surface area (Å²) in [7, 11) is 0. The molecule has 0 aliphatic carbocycles. The Kier molecular flexibility index (Phi) is 3.82. The van der Waals surface area contributed by atoms with E-state index in [2.05, 4.69) is 15.3 Å². The summed E-state index contributed by atoms with van der Waals surface area (Å²) in [5.74, 6) is -1.00. The predicted molar refractivity (Wildman–Crippen MR) is 67.8 cm³/mol. The third kappa shape index (κ3) is 3.60. The van der Waals surface area contributed by atoms with E-state index < -0.39 is 5.97 Å². The highest BCUT2D eigenvalue weighted by Crippen LogP contribution is 2.06. The number of carbonyl (C=O) groups is 2. The van der Waals surface area contributed by atoms with Crippen molar-refractivity contribution in [2.24, 2.45) is 0 Å². The maximum atomic E-state index is 11.7. The summed E-state index contributed by atoms with van der Waals surface area (Å²) in [6.07, 6.45) is 2.95. The second-order valence-electron chi connectivity index (χ2n) is 3.78. The molecule has 2 aromatic heterocycles. The van der Waals surface area contributed by atoms with Crippen LogP contribution in [0.4, 0.5) is 5.82 Å². The number of pyridine rings is 2. The van der Waals surface area contributed by atoms with Gasteiger partial charge in [0.1, 0.15) is 5.82 Å². The lowest BCUT2D eigenvalue weighted by molar-refractivity contribution is -0.115. The third-order valence-electron chi connectivity index (χ3n) is 2.35. The van der Waals surface area contributed by atoms with Crippen molar-refractivity contribution in [1.29, 1.82) is 0 Å². The lowest BCUT2D eigenvalue weighted by Gasteiger charge is -2.04. The number of hydrogen-bond donors (Lipinski definition) is 2. The summed E-state index contributed by atoms with van der Waals surface area (Å²) in [5, 5.41) is 11.3. The zero-order valence-corrected chi connectivity index (χ0v) is 9.91. The van der Waals surface area contributed by atoms with Gasteiger partial charge in [0.05, 0.1) is 12.0 Å². The van der Waals surface area contributed by atoms with Gasteiger partial charge in [0.2, 0.25) is 5.91 Å². The Morgan fingerprint density at radius 1 is 1.16 bits per heavy atom. The van der Waals surface area contributed by atoms with Crippen LogP contribution in [0.3, 0.4) is 0 Å². The average Bonchev–Trinajstić information content (AvgIpc) is 2.40. The van der Waals surface area contributed by atoms with Gasteiger partial charge in [-0.3, -0.25) is 9.78 Å². The van der Waals surface area contributed by atoms with Gasteiger partial charge in [0.15, 0.2) is 0 Å². The van der Waals surface area contributed by atoms with E-state index >= 15 is 0 Å². The van der Waals surface area contributed by atoms with E-state index in [1.807, 2.05) is 0 Å². The summed E-state index contributed by atoms with van der Waals surface area (Å²) < 4.78 is 0. The van der Waals surface area contributed by atoms with E-state index in [1.54, 1.807) is 24.4 Å². The molecule has 0 unspecified atom stereocenters. The third-order valence-corrected chi connectivity index (χ3v) is 2.35. The zero-order valence-electron chi connectivity index (χ0n) is 9.91. The van der Waals surface area contributed by atoms with Gasteiger partial charge >= 0.3 is 5.97 Å². The Morgan fingerprint density at radius 2 is 2.00 bits per heavy atom. The van der Waals surface area contributed by atoms with Gasteiger partial charge in [0.25, 0.3) is 0 Å². The highest BCUT2D eigenvalue weighted by atomic mass is 16.4. The minimum absolute atomic E-state index is 0.0720. The molecule has 0 aliphatic heterocycles. The number of carboxylic acids is 1. The van der Waals surface area contributed by atoms with Crippen LogP contribution in [-0.2, 0) is 11.2 Å². The first-order valence-corrected chi connectivity index (χ1v) is 5.54. The fraction of sp³-hybridized carbons (Fsp3) is 0.0769. The molecule has 0 saturated heterocycles. The molecule has 2 heterocycles. The number of rotatable bonds is 4. The Bertz CT molecular complexity index is 582. The van der Waals surface area contributed by atoms with Gasteiger partial charge in [-0.15, -0.1) is 0 Å². The molecule has 0 bridgehead atoms. The fourth-order valence-corrected chi connectivity index (χ4v) is 1.45. The number of carboxylic acid groups (broad SMARTS) is 1. The van der Waals surface area contributed by atoms with Crippen LogP contribution in [0.2, 0.25) is 0 Å². The number of anilines is 1. The number of amides is 1. The summed E-state index contributed by atoms with van der Waals surface area (Å²) in [6, 6.07) is 8.15. The largest absolute Gasteiger partial charge is 0.478 e. The molecule has 2 aromatic rings. The highest BCUT2D eigenvalue weighted by molar-refractivity contribution is 5.92. The number of carbonyl (C=O) groups excluding carboxylic acids is 1. The van der Waals surface area contributed by atoms with Gasteiger partial charge in [-0.2, -0.15) is 0 Å². The first-order chi connectivity index (χ1) is 9.15. The molecule has 2 N–H and O–H groups in total. The van der Waals surface area contributed by atoms with Crippen LogP contribution < -0.4 is 5.32 Å². The van der Waals surface area contributed by atoms with Gasteiger partial charge in [-0.1, -0.05) is 6.07 Å². The lowest BCUT2D eigenvalue weighted by Crippen LogP contribution is -2.16. The van der Waals surface area contributed by atoms with Crippen molar-refractivity contribution in [3.63, 3.8) is 0 Å². The van der Waals surface area contributed by atoms with Crippen molar-refractivity contribution in [1.82, 2.24) is 9.97 Å². The zero-order chi connectivity index (χ0) is 13.7. The molecule has 6 nitrogen and oxygen atoms in total. The number of nitrogens with zero attached hydrogens (tertiary/aromatic N) is 2. The van der Waals surface area contributed by atoms with Crippen molar-refractivity contribution < 1.29 is 14.7 Å². The monoisotopic (exact) mass is 257 g/mol. The van der Waals surface area contributed by atoms with Crippen LogP contribution in [0.1, 0.15) is 16.1 Å². The molecule has 96 valence electrons. The molecule has 0 atom stereocenters. The normalized spacial score (nSPS) is 9.89. The van der Waals surface area contributed by atoms with Crippen LogP contribution in [-0.4, -0.2) is 27.0 Å². The second kappa shape index (κ2) is 5.72. The van der Waals surface area contributed by atoms with E-state index in [0.29, 0.717) is 11.5 Å². The second-order valence-corrected chi connectivity index (χ2v) is 3.78. The summed E-state index contributed by atoms with van der Waals surface area (Å²) in [5.41, 5.74) is 0.727. The van der Waals surface area contributed by atoms with E-state index in [9.17, 15) is 9.59 Å². The van der Waals surface area contributed by atoms with Crippen LogP contribution in [0.25, 0.3) is 0 Å². The molecule has 0 radical (unpaired) electrons. The minimum atomic E-state index is -1.06. The molecule has 0 spiro atoms. The molecule has 19 heavy (non-hydrogen) atoms. The van der Waals surface area contributed by atoms with E-state index in [4.69, 9.17) is 5.11 Å². The topological polar surface area (TPSA) is 92.2 Å². The first-order valence-electron chi connectivity index (χ1n) is 5.54. The molecule has 1 amide bonds. The van der Waals surface area contributed by atoms with E-state index in [0.717, 1.165) is 0 Å². The number of nitrogens with one attached hydrogen (secondary N) is 1.